The van der Waals surface area contributed by atoms with Crippen molar-refractivity contribution >= 4 is 59.7 Å². The number of rotatable bonds is 35. The number of fused-ring (bicyclic) bond motifs is 5. The van der Waals surface area contributed by atoms with Gasteiger partial charge in [-0.05, 0) is 314 Å². The lowest BCUT2D eigenvalue weighted by Crippen LogP contribution is -2.43. The standard InChI is InChI=1S/5C25H38O5/c5*1-6-25(4,5)24(28)30-21-12-15(2)11-17-8-7-16(3)20(23(17)21)10-9-19-13-18(26)14-22(27)29-19/h5*7-8,11,15-16,18-21,23,26H,6,9-10,12-14H2,1-5H3/t5*15-,16-,18+,19?,20-,21-,23-/m00000/s1/i1D3,4D3,6D2,26D;1D3,6D2,26D;2*4D3,26D;26D/t15-,16-,18+,19?,20-,21-,23-,25?;m;2*15-,16-,18+,19?,20-,21-,23-,25?;m. The first kappa shape index (κ1) is 91.0. The lowest BCUT2D eigenvalue weighted by Gasteiger charge is -2.44. The smallest absolute Gasteiger partial charge is 0.311 e. The van der Waals surface area contributed by atoms with Crippen LogP contribution in [0.15, 0.2) is 119 Å². The van der Waals surface area contributed by atoms with E-state index in [1.165, 1.54) is 33.3 Å². The van der Waals surface area contributed by atoms with Crippen LogP contribution in [0.4, 0.5) is 0 Å². The van der Waals surface area contributed by atoms with Gasteiger partial charge in [0.15, 0.2) is 0 Å². The van der Waals surface area contributed by atoms with Gasteiger partial charge < -0.3 is 72.9 Å². The summed E-state index contributed by atoms with van der Waals surface area (Å²) >= 11 is 0. The molecule has 5 fully saturated rings. The molecule has 0 aromatic carbocycles. The lowest BCUT2D eigenvalue weighted by atomic mass is 9.65. The molecule has 25 heteroatoms. The van der Waals surface area contributed by atoms with Gasteiger partial charge in [0.2, 0.25) is 7.16 Å². The fourth-order valence-corrected chi connectivity index (χ4v) is 25.0. The van der Waals surface area contributed by atoms with E-state index in [0.29, 0.717) is 114 Å². The minimum atomic E-state index is -3.39. The van der Waals surface area contributed by atoms with Crippen LogP contribution in [0.1, 0.15) is 391 Å². The second-order valence-electron chi connectivity index (χ2n) is 48.5. The van der Waals surface area contributed by atoms with Gasteiger partial charge in [0.1, 0.15) is 61.0 Å². The summed E-state index contributed by atoms with van der Waals surface area (Å²) in [6, 6.07) is 0. The predicted molar refractivity (Wildman–Crippen MR) is 577 cm³/mol. The Hall–Kier alpha value is -8.10. The third-order valence-electron chi connectivity index (χ3n) is 34.7. The summed E-state index contributed by atoms with van der Waals surface area (Å²) in [4.78, 5) is 126. The molecular weight excluding hydrogens is 1900 g/mol. The predicted octanol–water partition coefficient (Wildman–Crippen LogP) is 22.9. The molecule has 25 nitrogen and oxygen atoms in total. The van der Waals surface area contributed by atoms with E-state index >= 15 is 0 Å². The first-order chi connectivity index (χ1) is 80.8. The van der Waals surface area contributed by atoms with Crippen molar-refractivity contribution in [3.8, 4) is 0 Å². The minimum absolute atomic E-state index is 0.0274. The molecule has 0 saturated carbocycles. The van der Waals surface area contributed by atoms with Crippen LogP contribution in [0.25, 0.3) is 0 Å². The van der Waals surface area contributed by atoms with Gasteiger partial charge in [-0.2, -0.15) is 0 Å². The third-order valence-corrected chi connectivity index (χ3v) is 34.7. The Balaban J connectivity index is 0.000000203. The van der Waals surface area contributed by atoms with E-state index in [1.807, 2.05) is 53.7 Å². The van der Waals surface area contributed by atoms with Crippen LogP contribution in [-0.4, -0.2) is 184 Å². The molecule has 8 unspecified atom stereocenters. The van der Waals surface area contributed by atoms with Crippen molar-refractivity contribution in [2.75, 3.05) is 0 Å². The highest BCUT2D eigenvalue weighted by Gasteiger charge is 2.52. The lowest BCUT2D eigenvalue weighted by molar-refractivity contribution is -0.166. The van der Waals surface area contributed by atoms with E-state index < -0.39 is 159 Å². The van der Waals surface area contributed by atoms with Gasteiger partial charge in [-0.15, -0.1) is 0 Å². The molecule has 5 saturated heterocycles. The molecule has 0 amide bonds. The van der Waals surface area contributed by atoms with Crippen molar-refractivity contribution in [1.82, 2.24) is 0 Å². The zero-order chi connectivity index (χ0) is 130. The molecule has 5 N–H and O–H groups in total. The molecule has 5 aliphatic heterocycles. The number of aliphatic hydroxyl groups is 5. The third kappa shape index (κ3) is 32.8. The largest absolute Gasteiger partial charge is 0.462 e. The van der Waals surface area contributed by atoms with Gasteiger partial charge in [-0.1, -0.05) is 195 Å². The summed E-state index contributed by atoms with van der Waals surface area (Å²) in [7, 11) is 0. The highest BCUT2D eigenvalue weighted by Crippen LogP contribution is 2.54. The maximum Gasteiger partial charge on any atom is 0.311 e. The summed E-state index contributed by atoms with van der Waals surface area (Å²) in [6.45, 7) is 22.0. The van der Waals surface area contributed by atoms with Gasteiger partial charge in [0.25, 0.3) is 0 Å². The van der Waals surface area contributed by atoms with E-state index in [4.69, 9.17) is 80.6 Å². The Morgan fingerprint density at radius 3 is 0.687 bits per heavy atom. The molecule has 0 aromatic rings. The number of esters is 10. The molecule has 0 aromatic heterocycles. The van der Waals surface area contributed by atoms with Crippen LogP contribution in [0.2, 0.25) is 0 Å². The fourth-order valence-electron chi connectivity index (χ4n) is 25.0. The Morgan fingerprint density at radius 2 is 0.493 bits per heavy atom. The number of carbonyl (C=O) groups is 10. The average Bonchev–Trinajstić information content (AvgIpc) is 0.718. The maximum absolute atomic E-state index is 13.6. The molecule has 0 spiro atoms. The minimum Gasteiger partial charge on any atom is -0.462 e. The Morgan fingerprint density at radius 1 is 0.300 bits per heavy atom. The quantitative estimate of drug-likeness (QED) is 0.0291. The van der Waals surface area contributed by atoms with E-state index in [1.54, 1.807) is 13.8 Å². The van der Waals surface area contributed by atoms with Crippen molar-refractivity contribution in [2.45, 2.75) is 457 Å². The van der Waals surface area contributed by atoms with Gasteiger partial charge in [0, 0.05) is 87.7 Å². The Kier molecular flexibility index (Phi) is 32.5. The molecule has 15 rings (SSSR count). The second-order valence-corrected chi connectivity index (χ2v) is 48.5. The first-order valence-corrected chi connectivity index (χ1v) is 56.0. The molecule has 10 aliphatic carbocycles. The number of hydrogen-bond donors (Lipinski definition) is 5. The van der Waals surface area contributed by atoms with Crippen LogP contribution in [0, 0.1) is 145 Å². The molecule has 15 aliphatic rings. The van der Waals surface area contributed by atoms with Crippen LogP contribution >= 0.6 is 0 Å². The Labute approximate surface area is 931 Å². The number of allylic oxidation sites excluding steroid dienone is 15. The number of aliphatic hydroxyl groups excluding tert-OH is 5. The van der Waals surface area contributed by atoms with Crippen molar-refractivity contribution in [3.63, 3.8) is 0 Å². The molecular formula is C125H190O25. The monoisotopic (exact) mass is 2120 g/mol. The van der Waals surface area contributed by atoms with Crippen LogP contribution in [0.5, 0.6) is 0 Å². The summed E-state index contributed by atoms with van der Waals surface area (Å²) < 4.78 is 243. The normalized spacial score (nSPS) is 40.4. The van der Waals surface area contributed by atoms with Crippen LogP contribution in [-0.2, 0) is 95.3 Å². The maximum atomic E-state index is 13.6. The molecule has 840 valence electrons. The van der Waals surface area contributed by atoms with E-state index in [0.717, 1.165) is 67.7 Å². The fraction of sp³-hybridized carbons (Fsp3) is 0.760. The highest BCUT2D eigenvalue weighted by atomic mass is 16.6. The average molecular weight is 2120 g/mol. The van der Waals surface area contributed by atoms with Crippen molar-refractivity contribution < 1.29 is 147 Å². The van der Waals surface area contributed by atoms with Crippen LogP contribution < -0.4 is 0 Å². The van der Waals surface area contributed by atoms with Gasteiger partial charge in [-0.25, -0.2) is 0 Å². The van der Waals surface area contributed by atoms with Crippen LogP contribution in [0.3, 0.4) is 0 Å². The number of carbonyl (C=O) groups excluding carboxylic acids is 10. The van der Waals surface area contributed by atoms with Gasteiger partial charge >= 0.3 is 59.7 Å². The van der Waals surface area contributed by atoms with Gasteiger partial charge in [0.05, 0.1) is 89.7 Å². The highest BCUT2D eigenvalue weighted by molar-refractivity contribution is 5.79. The van der Waals surface area contributed by atoms with Crippen molar-refractivity contribution in [2.24, 2.45) is 145 Å². The van der Waals surface area contributed by atoms with Gasteiger partial charge in [-0.3, -0.25) is 47.9 Å². The summed E-state index contributed by atoms with van der Waals surface area (Å²) in [5, 5.41) is 23.3. The van der Waals surface area contributed by atoms with Crippen molar-refractivity contribution in [1.29, 1.82) is 7.16 Å². The Bertz CT molecular complexity index is 5730. The van der Waals surface area contributed by atoms with E-state index in [-0.39, 0.29) is 212 Å². The SMILES string of the molecule is [2H]O[C@H]1CC(=O)OC(CC[C@@H]2[C@@H]3C(=C[C@H](C)C[C@@H]3OC(=O)C(C)(C([2H])([2H])[2H])C([2H])([2H])C([2H])([2H])[2H])C=C[C@@H]2C)C1.[2H]O[C@H]1CC(=O)OC(CC[C@@H]2[C@@H]3C(=C[C@H](C)C[C@@H]3OC(=O)C(C)(C)C([2H])([2H])C([2H])([2H])[2H])C=C[C@@H]2C)C1.[2H]O[C@H]1CC(=O)OC(CC[C@@H]2[C@@H]3C(=C[C@H](C)C[C@@H]3OC(=O)C(C)(C)CC)C=C[C@@H]2C)C1.[2H]O[C@H]1CC(=O)OC(CC[C@@H]2[C@@H]3C(=C[C@H](C)C[C@@H]3OC(=O)C(C)(CC)C([2H])([2H])[2H])C=C[C@@H]2C)C1.[2H]O[C@H]1CC(=O)OC(CC[C@@H]2[C@@H]3C(=C[C@H](C)C[C@@H]3OC(=O)C(C)(CC)C([2H])([2H])[2H])C=C[C@@H]2C)C1. The molecule has 0 bridgehead atoms. The van der Waals surface area contributed by atoms with Crippen molar-refractivity contribution in [3.05, 3.63) is 119 Å². The summed E-state index contributed by atoms with van der Waals surface area (Å²) in [5.41, 5.74) is -2.93. The number of hydrogen-bond acceptors (Lipinski definition) is 25. The number of ether oxygens (including phenoxy) is 10. The molecule has 38 atom stereocenters. The number of cyclic esters (lactones) is 5. The molecule has 0 radical (unpaired) electrons. The molecule has 5 heterocycles. The zero-order valence-corrected chi connectivity index (χ0v) is 92.4. The molecule has 150 heavy (non-hydrogen) atoms. The summed E-state index contributed by atoms with van der Waals surface area (Å²) in [5.74, 6) is -3.41. The van der Waals surface area contributed by atoms with E-state index in [2.05, 4.69) is 153 Å². The topological polar surface area (TPSA) is 364 Å². The van der Waals surface area contributed by atoms with E-state index in [9.17, 15) is 47.9 Å². The summed E-state index contributed by atoms with van der Waals surface area (Å²) in [6.07, 6.45) is 33.6. The first-order valence-electron chi connectivity index (χ1n) is 67.5. The zero-order valence-electron chi connectivity index (χ0n) is 116. The second kappa shape index (κ2) is 53.6.